The Labute approximate surface area is 94.0 Å². The maximum atomic E-state index is 11.3. The van der Waals surface area contributed by atoms with Crippen molar-refractivity contribution in [1.29, 1.82) is 0 Å². The Kier molecular flexibility index (Phi) is 4.10. The van der Waals surface area contributed by atoms with Crippen molar-refractivity contribution in [2.45, 2.75) is 4.90 Å². The average Bonchev–Trinajstić information content (AvgIpc) is 2.24. The summed E-state index contributed by atoms with van der Waals surface area (Å²) in [5, 5.41) is 3.33. The van der Waals surface area contributed by atoms with Crippen LogP contribution in [0.25, 0.3) is 16.5 Å². The molecule has 16 heavy (non-hydrogen) atoms. The topological polar surface area (TPSA) is 82.9 Å². The molecule has 0 aliphatic rings. The zero-order valence-electron chi connectivity index (χ0n) is 8.74. The fraction of sp³-hybridized carbons (Fsp3) is 0.200. The molecule has 0 amide bonds. The number of sulfone groups is 1. The Morgan fingerprint density at radius 1 is 1.50 bits per heavy atom. The summed E-state index contributed by atoms with van der Waals surface area (Å²) in [6.45, 7) is 0.250. The third-order valence-corrected chi connectivity index (χ3v) is 2.96. The van der Waals surface area contributed by atoms with Gasteiger partial charge >= 0.3 is 0 Å². The molecule has 0 saturated heterocycles. The Morgan fingerprint density at radius 3 is 2.88 bits per heavy atom. The normalized spacial score (nSPS) is 11.3. The lowest BCUT2D eigenvalue weighted by Gasteiger charge is -1.99. The van der Waals surface area contributed by atoms with E-state index in [-0.39, 0.29) is 11.4 Å². The van der Waals surface area contributed by atoms with Gasteiger partial charge < -0.3 is 0 Å². The summed E-state index contributed by atoms with van der Waals surface area (Å²) in [6.07, 6.45) is 4.54. The van der Waals surface area contributed by atoms with Crippen LogP contribution >= 0.6 is 0 Å². The molecule has 0 aliphatic heterocycles. The predicted molar refractivity (Wildman–Crippen MR) is 62.6 cm³/mol. The maximum Gasteiger partial charge on any atom is 0.175 e. The molecule has 0 fully saturated rings. The second-order valence-electron chi connectivity index (χ2n) is 3.16. The van der Waals surface area contributed by atoms with E-state index in [1.165, 1.54) is 0 Å². The largest absolute Gasteiger partial charge is 0.224 e. The molecule has 0 unspecified atom stereocenters. The third-order valence-electron chi connectivity index (χ3n) is 1.85. The predicted octanol–water partition coefficient (Wildman–Crippen LogP) is 2.41. The van der Waals surface area contributed by atoms with Crippen LogP contribution in [0.3, 0.4) is 0 Å². The molecular weight excluding hydrogens is 226 g/mol. The van der Waals surface area contributed by atoms with E-state index in [0.29, 0.717) is 0 Å². The number of azide groups is 1. The molecule has 1 aromatic rings. The highest BCUT2D eigenvalue weighted by molar-refractivity contribution is 7.90. The van der Waals surface area contributed by atoms with Gasteiger partial charge in [-0.15, -0.1) is 0 Å². The van der Waals surface area contributed by atoms with Crippen molar-refractivity contribution < 1.29 is 8.42 Å². The summed E-state index contributed by atoms with van der Waals surface area (Å²) in [5.41, 5.74) is 8.82. The van der Waals surface area contributed by atoms with Gasteiger partial charge in [0.05, 0.1) is 4.90 Å². The molecule has 0 aliphatic carbocycles. The highest BCUT2D eigenvalue weighted by atomic mass is 32.2. The number of benzene rings is 1. The first kappa shape index (κ1) is 12.3. The number of nitrogens with zero attached hydrogens (tertiary/aromatic N) is 3. The Balaban J connectivity index is 2.91. The zero-order valence-corrected chi connectivity index (χ0v) is 9.55. The lowest BCUT2D eigenvalue weighted by atomic mass is 10.2. The van der Waals surface area contributed by atoms with Crippen LogP contribution in [-0.4, -0.2) is 21.2 Å². The molecule has 0 atom stereocenters. The van der Waals surface area contributed by atoms with Crippen molar-refractivity contribution in [1.82, 2.24) is 0 Å². The van der Waals surface area contributed by atoms with E-state index in [4.69, 9.17) is 5.53 Å². The zero-order chi connectivity index (χ0) is 12.0. The molecule has 0 spiro atoms. The fourth-order valence-electron chi connectivity index (χ4n) is 1.12. The molecule has 5 nitrogen and oxygen atoms in total. The standard InChI is InChI=1S/C10H11N3O2S/c1-16(14,15)10-6-2-4-9(8-10)5-3-7-12-13-11/h2-6,8H,7H2,1H3. The van der Waals surface area contributed by atoms with Gasteiger partial charge in [0.1, 0.15) is 0 Å². The van der Waals surface area contributed by atoms with Gasteiger partial charge in [0.15, 0.2) is 9.84 Å². The van der Waals surface area contributed by atoms with E-state index in [1.807, 2.05) is 0 Å². The van der Waals surface area contributed by atoms with Gasteiger partial charge in [-0.3, -0.25) is 0 Å². The first-order valence-corrected chi connectivity index (χ1v) is 6.40. The molecule has 0 aromatic heterocycles. The van der Waals surface area contributed by atoms with E-state index in [0.717, 1.165) is 11.8 Å². The average molecular weight is 237 g/mol. The molecule has 0 radical (unpaired) electrons. The van der Waals surface area contributed by atoms with Crippen LogP contribution in [0.15, 0.2) is 40.4 Å². The van der Waals surface area contributed by atoms with Crippen LogP contribution in [0.1, 0.15) is 5.56 Å². The van der Waals surface area contributed by atoms with E-state index in [2.05, 4.69) is 10.0 Å². The van der Waals surface area contributed by atoms with Crippen molar-refractivity contribution in [3.63, 3.8) is 0 Å². The van der Waals surface area contributed by atoms with Gasteiger partial charge in [-0.25, -0.2) is 8.42 Å². The highest BCUT2D eigenvalue weighted by Crippen LogP contribution is 2.12. The molecule has 0 heterocycles. The summed E-state index contributed by atoms with van der Waals surface area (Å²) in [4.78, 5) is 2.88. The number of hydrogen-bond donors (Lipinski definition) is 0. The lowest BCUT2D eigenvalue weighted by Crippen LogP contribution is -1.96. The molecule has 0 bridgehead atoms. The Bertz CT molecular complexity index is 543. The van der Waals surface area contributed by atoms with E-state index >= 15 is 0 Å². The molecule has 0 saturated carbocycles. The van der Waals surface area contributed by atoms with Crippen LogP contribution < -0.4 is 0 Å². The van der Waals surface area contributed by atoms with Crippen molar-refractivity contribution in [3.05, 3.63) is 46.3 Å². The van der Waals surface area contributed by atoms with Gasteiger partial charge in [-0.1, -0.05) is 29.4 Å². The van der Waals surface area contributed by atoms with Gasteiger partial charge in [0, 0.05) is 17.7 Å². The third kappa shape index (κ3) is 3.76. The number of rotatable bonds is 4. The highest BCUT2D eigenvalue weighted by Gasteiger charge is 2.05. The fourth-order valence-corrected chi connectivity index (χ4v) is 1.80. The van der Waals surface area contributed by atoms with Crippen LogP contribution in [0.4, 0.5) is 0 Å². The number of hydrogen-bond acceptors (Lipinski definition) is 3. The monoisotopic (exact) mass is 237 g/mol. The van der Waals surface area contributed by atoms with Crippen molar-refractivity contribution in [2.24, 2.45) is 5.11 Å². The molecule has 6 heteroatoms. The van der Waals surface area contributed by atoms with Crippen LogP contribution in [0, 0.1) is 0 Å². The van der Waals surface area contributed by atoms with Crippen molar-refractivity contribution >= 4 is 15.9 Å². The quantitative estimate of drug-likeness (QED) is 0.457. The van der Waals surface area contributed by atoms with Crippen LogP contribution in [-0.2, 0) is 9.84 Å². The first-order valence-electron chi connectivity index (χ1n) is 4.51. The van der Waals surface area contributed by atoms with Gasteiger partial charge in [0.2, 0.25) is 0 Å². The van der Waals surface area contributed by atoms with Gasteiger partial charge in [0.25, 0.3) is 0 Å². The van der Waals surface area contributed by atoms with Crippen LogP contribution in [0.2, 0.25) is 0 Å². The van der Waals surface area contributed by atoms with Crippen LogP contribution in [0.5, 0.6) is 0 Å². The summed E-state index contributed by atoms with van der Waals surface area (Å²) in [6, 6.07) is 6.56. The smallest absolute Gasteiger partial charge is 0.175 e. The summed E-state index contributed by atoms with van der Waals surface area (Å²) < 4.78 is 22.5. The van der Waals surface area contributed by atoms with Crippen molar-refractivity contribution in [2.75, 3.05) is 12.8 Å². The minimum atomic E-state index is -3.18. The van der Waals surface area contributed by atoms with E-state index in [1.54, 1.807) is 36.4 Å². The lowest BCUT2D eigenvalue weighted by molar-refractivity contribution is 0.602. The minimum absolute atomic E-state index is 0.250. The van der Waals surface area contributed by atoms with E-state index in [9.17, 15) is 8.42 Å². The van der Waals surface area contributed by atoms with Gasteiger partial charge in [-0.05, 0) is 23.2 Å². The van der Waals surface area contributed by atoms with Gasteiger partial charge in [-0.2, -0.15) is 0 Å². The summed E-state index contributed by atoms with van der Waals surface area (Å²) in [7, 11) is -3.18. The molecule has 1 rings (SSSR count). The first-order chi connectivity index (χ1) is 7.54. The second-order valence-corrected chi connectivity index (χ2v) is 5.18. The Hall–Kier alpha value is -1.78. The minimum Gasteiger partial charge on any atom is -0.224 e. The SMILES string of the molecule is CS(=O)(=O)c1cccc(C=CCN=[N+]=[N-])c1. The molecule has 84 valence electrons. The Morgan fingerprint density at radius 2 is 2.25 bits per heavy atom. The molecule has 1 aromatic carbocycles. The molecular formula is C10H11N3O2S. The second kappa shape index (κ2) is 5.34. The summed E-state index contributed by atoms with van der Waals surface area (Å²) >= 11 is 0. The van der Waals surface area contributed by atoms with E-state index < -0.39 is 9.84 Å². The van der Waals surface area contributed by atoms with Crippen molar-refractivity contribution in [3.8, 4) is 0 Å². The molecule has 0 N–H and O–H groups in total. The maximum absolute atomic E-state index is 11.3. The summed E-state index contributed by atoms with van der Waals surface area (Å²) in [5.74, 6) is 0.